The highest BCUT2D eigenvalue weighted by Gasteiger charge is 2.12. The second-order valence-corrected chi connectivity index (χ2v) is 4.44. The molecule has 0 bridgehead atoms. The first-order chi connectivity index (χ1) is 8.99. The van der Waals surface area contributed by atoms with E-state index in [-0.39, 0.29) is 11.1 Å². The predicted octanol–water partition coefficient (Wildman–Crippen LogP) is 1.87. The standard InChI is InChI=1S/C13H12ClN3O2/c1-17-6-2-3-9(13(17)19)12(18)16-11-5-4-8(15)7-10(11)14/h2-7H,15H2,1H3,(H,16,18). The molecule has 3 N–H and O–H groups in total. The molecule has 1 amide bonds. The van der Waals surface area contributed by atoms with Crippen molar-refractivity contribution in [3.05, 3.63) is 57.5 Å². The third kappa shape index (κ3) is 2.77. The van der Waals surface area contributed by atoms with Crippen LogP contribution in [0.25, 0.3) is 0 Å². The minimum Gasteiger partial charge on any atom is -0.399 e. The van der Waals surface area contributed by atoms with Gasteiger partial charge in [-0.1, -0.05) is 11.6 Å². The van der Waals surface area contributed by atoms with Crippen LogP contribution in [0.4, 0.5) is 11.4 Å². The molecule has 0 spiro atoms. The van der Waals surface area contributed by atoms with Gasteiger partial charge in [0.1, 0.15) is 5.56 Å². The number of rotatable bonds is 2. The van der Waals surface area contributed by atoms with Crippen molar-refractivity contribution in [1.82, 2.24) is 4.57 Å². The van der Waals surface area contributed by atoms with Gasteiger partial charge in [0, 0.05) is 18.9 Å². The Bertz CT molecular complexity index is 695. The fraction of sp³-hybridized carbons (Fsp3) is 0.0769. The van der Waals surface area contributed by atoms with Crippen LogP contribution >= 0.6 is 11.6 Å². The summed E-state index contributed by atoms with van der Waals surface area (Å²) in [4.78, 5) is 23.8. The molecule has 0 aliphatic rings. The molecular formula is C13H12ClN3O2. The topological polar surface area (TPSA) is 77.1 Å². The summed E-state index contributed by atoms with van der Waals surface area (Å²) in [5.41, 5.74) is 6.16. The Morgan fingerprint density at radius 1 is 1.37 bits per heavy atom. The van der Waals surface area contributed by atoms with E-state index in [1.54, 1.807) is 31.4 Å². The molecule has 0 fully saturated rings. The summed E-state index contributed by atoms with van der Waals surface area (Å²) >= 11 is 5.95. The van der Waals surface area contributed by atoms with E-state index >= 15 is 0 Å². The number of hydrogen-bond acceptors (Lipinski definition) is 3. The summed E-state index contributed by atoms with van der Waals surface area (Å²) in [7, 11) is 1.58. The number of pyridine rings is 1. The zero-order valence-corrected chi connectivity index (χ0v) is 10.9. The van der Waals surface area contributed by atoms with Crippen LogP contribution in [-0.4, -0.2) is 10.5 Å². The highest BCUT2D eigenvalue weighted by Crippen LogP contribution is 2.24. The molecule has 19 heavy (non-hydrogen) atoms. The van der Waals surface area contributed by atoms with Gasteiger partial charge in [-0.2, -0.15) is 0 Å². The number of nitrogen functional groups attached to an aromatic ring is 1. The molecule has 2 aromatic rings. The quantitative estimate of drug-likeness (QED) is 0.823. The third-order valence-electron chi connectivity index (χ3n) is 2.61. The Balaban J connectivity index is 2.31. The average Bonchev–Trinajstić information content (AvgIpc) is 2.36. The van der Waals surface area contributed by atoms with E-state index in [0.717, 1.165) is 0 Å². The summed E-state index contributed by atoms with van der Waals surface area (Å²) in [6.45, 7) is 0. The average molecular weight is 278 g/mol. The zero-order valence-electron chi connectivity index (χ0n) is 10.2. The van der Waals surface area contributed by atoms with Crippen molar-refractivity contribution in [3.63, 3.8) is 0 Å². The SMILES string of the molecule is Cn1cccc(C(=O)Nc2ccc(N)cc2Cl)c1=O. The van der Waals surface area contributed by atoms with Crippen LogP contribution in [0.5, 0.6) is 0 Å². The van der Waals surface area contributed by atoms with Gasteiger partial charge >= 0.3 is 0 Å². The Labute approximate surface area is 114 Å². The smallest absolute Gasteiger partial charge is 0.263 e. The molecule has 0 unspecified atom stereocenters. The molecule has 0 atom stereocenters. The number of nitrogens with zero attached hydrogens (tertiary/aromatic N) is 1. The van der Waals surface area contributed by atoms with Crippen molar-refractivity contribution in [2.24, 2.45) is 7.05 Å². The van der Waals surface area contributed by atoms with E-state index in [1.165, 1.54) is 16.7 Å². The van der Waals surface area contributed by atoms with Crippen molar-refractivity contribution in [2.75, 3.05) is 11.1 Å². The number of aromatic nitrogens is 1. The Kier molecular flexibility index (Phi) is 3.57. The van der Waals surface area contributed by atoms with Gasteiger partial charge in [-0.15, -0.1) is 0 Å². The van der Waals surface area contributed by atoms with Gasteiger partial charge in [-0.25, -0.2) is 0 Å². The number of aryl methyl sites for hydroxylation is 1. The number of carbonyl (C=O) groups is 1. The van der Waals surface area contributed by atoms with Crippen LogP contribution < -0.4 is 16.6 Å². The van der Waals surface area contributed by atoms with Gasteiger partial charge in [-0.3, -0.25) is 9.59 Å². The number of hydrogen-bond donors (Lipinski definition) is 2. The van der Waals surface area contributed by atoms with E-state index in [4.69, 9.17) is 17.3 Å². The summed E-state index contributed by atoms with van der Waals surface area (Å²) in [5, 5.41) is 2.90. The monoisotopic (exact) mass is 277 g/mol. The van der Waals surface area contributed by atoms with Gasteiger partial charge in [0.2, 0.25) is 0 Å². The second-order valence-electron chi connectivity index (χ2n) is 4.03. The van der Waals surface area contributed by atoms with Gasteiger partial charge in [0.05, 0.1) is 10.7 Å². The van der Waals surface area contributed by atoms with Gasteiger partial charge in [0.15, 0.2) is 0 Å². The van der Waals surface area contributed by atoms with Crippen LogP contribution in [0.1, 0.15) is 10.4 Å². The first-order valence-electron chi connectivity index (χ1n) is 5.51. The number of nitrogens with two attached hydrogens (primary N) is 1. The van der Waals surface area contributed by atoms with Crippen molar-refractivity contribution in [2.45, 2.75) is 0 Å². The summed E-state index contributed by atoms with van der Waals surface area (Å²) in [6, 6.07) is 7.82. The summed E-state index contributed by atoms with van der Waals surface area (Å²) in [6.07, 6.45) is 1.58. The first kappa shape index (κ1) is 13.2. The van der Waals surface area contributed by atoms with E-state index in [2.05, 4.69) is 5.32 Å². The first-order valence-corrected chi connectivity index (χ1v) is 5.89. The van der Waals surface area contributed by atoms with Crippen LogP contribution in [-0.2, 0) is 7.05 Å². The highest BCUT2D eigenvalue weighted by molar-refractivity contribution is 6.34. The molecule has 1 aromatic heterocycles. The lowest BCUT2D eigenvalue weighted by molar-refractivity contribution is 0.102. The maximum absolute atomic E-state index is 12.0. The fourth-order valence-electron chi connectivity index (χ4n) is 1.59. The van der Waals surface area contributed by atoms with Gasteiger partial charge < -0.3 is 15.6 Å². The molecule has 1 aromatic carbocycles. The van der Waals surface area contributed by atoms with Gasteiger partial charge in [0.25, 0.3) is 11.5 Å². The van der Waals surface area contributed by atoms with Crippen molar-refractivity contribution < 1.29 is 4.79 Å². The molecule has 6 heteroatoms. The Morgan fingerprint density at radius 3 is 2.79 bits per heavy atom. The minimum absolute atomic E-state index is 0.0536. The van der Waals surface area contributed by atoms with Crippen LogP contribution in [0, 0.1) is 0 Å². The molecular weight excluding hydrogens is 266 g/mol. The maximum atomic E-state index is 12.0. The normalized spacial score (nSPS) is 10.2. The number of carbonyl (C=O) groups excluding carboxylic acids is 1. The molecule has 98 valence electrons. The largest absolute Gasteiger partial charge is 0.399 e. The summed E-state index contributed by atoms with van der Waals surface area (Å²) in [5.74, 6) is -0.507. The molecule has 0 radical (unpaired) electrons. The number of nitrogens with one attached hydrogen (secondary N) is 1. The second kappa shape index (κ2) is 5.16. The van der Waals surface area contributed by atoms with Crippen molar-refractivity contribution in [3.8, 4) is 0 Å². The van der Waals surface area contributed by atoms with Gasteiger partial charge in [-0.05, 0) is 30.3 Å². The van der Waals surface area contributed by atoms with E-state index < -0.39 is 5.91 Å². The number of halogens is 1. The number of anilines is 2. The molecule has 5 nitrogen and oxygen atoms in total. The maximum Gasteiger partial charge on any atom is 0.263 e. The fourth-order valence-corrected chi connectivity index (χ4v) is 1.83. The molecule has 0 saturated carbocycles. The van der Waals surface area contributed by atoms with Crippen molar-refractivity contribution in [1.29, 1.82) is 0 Å². The Morgan fingerprint density at radius 2 is 2.11 bits per heavy atom. The highest BCUT2D eigenvalue weighted by atomic mass is 35.5. The van der Waals surface area contributed by atoms with E-state index in [9.17, 15) is 9.59 Å². The van der Waals surface area contributed by atoms with E-state index in [1.807, 2.05) is 0 Å². The molecule has 0 saturated heterocycles. The molecule has 1 heterocycles. The Hall–Kier alpha value is -2.27. The van der Waals surface area contributed by atoms with E-state index in [0.29, 0.717) is 16.4 Å². The van der Waals surface area contributed by atoms with Crippen molar-refractivity contribution >= 4 is 28.9 Å². The molecule has 0 aliphatic carbocycles. The van der Waals surface area contributed by atoms with Crippen LogP contribution in [0.2, 0.25) is 5.02 Å². The lowest BCUT2D eigenvalue weighted by Gasteiger charge is -2.08. The third-order valence-corrected chi connectivity index (χ3v) is 2.92. The predicted molar refractivity (Wildman–Crippen MR) is 75.5 cm³/mol. The van der Waals surface area contributed by atoms with Crippen LogP contribution in [0.15, 0.2) is 41.3 Å². The zero-order chi connectivity index (χ0) is 14.0. The lowest BCUT2D eigenvalue weighted by atomic mass is 10.2. The van der Waals surface area contributed by atoms with Crippen LogP contribution in [0.3, 0.4) is 0 Å². The molecule has 0 aliphatic heterocycles. The lowest BCUT2D eigenvalue weighted by Crippen LogP contribution is -2.27. The number of benzene rings is 1. The minimum atomic E-state index is -0.507. The summed E-state index contributed by atoms with van der Waals surface area (Å²) < 4.78 is 1.33. The number of amides is 1. The molecule has 2 rings (SSSR count).